The summed E-state index contributed by atoms with van der Waals surface area (Å²) in [6, 6.07) is 0. The quantitative estimate of drug-likeness (QED) is 0.564. The molecule has 2 nitrogen and oxygen atoms in total. The molecule has 1 rings (SSSR count). The van der Waals surface area contributed by atoms with Gasteiger partial charge in [-0.25, -0.2) is 0 Å². The molecule has 0 aromatic rings. The molecular formula is C7H10O2. The Kier molecular flexibility index (Phi) is 1.90. The maximum absolute atomic E-state index is 8.98. The number of ether oxygens (including phenoxy) is 1. The monoisotopic (exact) mass is 126 g/mol. The van der Waals surface area contributed by atoms with Crippen LogP contribution in [0.2, 0.25) is 0 Å². The second-order valence-electron chi connectivity index (χ2n) is 2.03. The maximum Gasteiger partial charge on any atom is 0.106 e. The van der Waals surface area contributed by atoms with E-state index in [0.717, 1.165) is 5.57 Å². The molecule has 0 spiro atoms. The minimum Gasteiger partial charge on any atom is -0.497 e. The fourth-order valence-corrected chi connectivity index (χ4v) is 0.661. The Morgan fingerprint density at radius 2 is 2.56 bits per heavy atom. The fourth-order valence-electron chi connectivity index (χ4n) is 0.661. The molecule has 2 heteroatoms. The van der Waals surface area contributed by atoms with E-state index in [0.29, 0.717) is 6.61 Å². The Balaban J connectivity index is 2.58. The minimum atomic E-state index is -0.415. The van der Waals surface area contributed by atoms with Crippen LogP contribution in [0.1, 0.15) is 6.92 Å². The highest BCUT2D eigenvalue weighted by Gasteiger charge is 2.02. The van der Waals surface area contributed by atoms with Crippen LogP contribution in [-0.2, 0) is 4.74 Å². The molecule has 1 aliphatic heterocycles. The Hall–Kier alpha value is -0.760. The molecule has 0 saturated heterocycles. The first-order valence-corrected chi connectivity index (χ1v) is 2.97. The third-order valence-corrected chi connectivity index (χ3v) is 1.20. The highest BCUT2D eigenvalue weighted by molar-refractivity contribution is 5.22. The predicted octanol–water partition coefficient (Wildman–Crippen LogP) is 0.837. The molecule has 0 saturated carbocycles. The SMILES string of the molecule is CC(O)C1=COCC=C1. The fraction of sp³-hybridized carbons (Fsp3) is 0.429. The Bertz CT molecular complexity index is 145. The van der Waals surface area contributed by atoms with Gasteiger partial charge < -0.3 is 9.84 Å². The van der Waals surface area contributed by atoms with Crippen molar-refractivity contribution < 1.29 is 9.84 Å². The average molecular weight is 126 g/mol. The van der Waals surface area contributed by atoms with E-state index in [1.165, 1.54) is 0 Å². The molecule has 1 atom stereocenters. The van der Waals surface area contributed by atoms with E-state index in [1.807, 2.05) is 12.2 Å². The number of hydrogen-bond acceptors (Lipinski definition) is 2. The average Bonchev–Trinajstić information content (AvgIpc) is 1.90. The van der Waals surface area contributed by atoms with Crippen LogP contribution in [0.25, 0.3) is 0 Å². The van der Waals surface area contributed by atoms with Gasteiger partial charge in [-0.1, -0.05) is 6.08 Å². The molecule has 0 fully saturated rings. The van der Waals surface area contributed by atoms with Crippen molar-refractivity contribution in [3.05, 3.63) is 24.0 Å². The number of aliphatic hydroxyl groups excluding tert-OH is 1. The van der Waals surface area contributed by atoms with E-state index >= 15 is 0 Å². The van der Waals surface area contributed by atoms with Gasteiger partial charge in [0.05, 0.1) is 12.4 Å². The first kappa shape index (κ1) is 6.36. The van der Waals surface area contributed by atoms with Gasteiger partial charge >= 0.3 is 0 Å². The van der Waals surface area contributed by atoms with Crippen LogP contribution >= 0.6 is 0 Å². The van der Waals surface area contributed by atoms with Crippen molar-refractivity contribution in [3.8, 4) is 0 Å². The molecule has 1 aliphatic rings. The molecule has 0 aromatic heterocycles. The van der Waals surface area contributed by atoms with Gasteiger partial charge in [-0.2, -0.15) is 0 Å². The molecule has 0 aliphatic carbocycles. The summed E-state index contributed by atoms with van der Waals surface area (Å²) in [5, 5.41) is 8.98. The highest BCUT2D eigenvalue weighted by Crippen LogP contribution is 2.07. The summed E-state index contributed by atoms with van der Waals surface area (Å²) in [5.74, 6) is 0. The number of aliphatic hydroxyl groups is 1. The molecule has 1 unspecified atom stereocenters. The summed E-state index contributed by atoms with van der Waals surface area (Å²) in [4.78, 5) is 0. The Labute approximate surface area is 54.5 Å². The summed E-state index contributed by atoms with van der Waals surface area (Å²) >= 11 is 0. The predicted molar refractivity (Wildman–Crippen MR) is 34.9 cm³/mol. The van der Waals surface area contributed by atoms with Crippen LogP contribution in [0.4, 0.5) is 0 Å². The van der Waals surface area contributed by atoms with Crippen molar-refractivity contribution in [1.82, 2.24) is 0 Å². The van der Waals surface area contributed by atoms with Crippen molar-refractivity contribution in [2.75, 3.05) is 6.61 Å². The van der Waals surface area contributed by atoms with E-state index in [1.54, 1.807) is 13.2 Å². The minimum absolute atomic E-state index is 0.415. The summed E-state index contributed by atoms with van der Waals surface area (Å²) in [5.41, 5.74) is 0.834. The smallest absolute Gasteiger partial charge is 0.106 e. The molecular weight excluding hydrogens is 116 g/mol. The molecule has 9 heavy (non-hydrogen) atoms. The summed E-state index contributed by atoms with van der Waals surface area (Å²) in [7, 11) is 0. The van der Waals surface area contributed by atoms with E-state index < -0.39 is 6.10 Å². The van der Waals surface area contributed by atoms with E-state index in [4.69, 9.17) is 9.84 Å². The van der Waals surface area contributed by atoms with E-state index in [-0.39, 0.29) is 0 Å². The lowest BCUT2D eigenvalue weighted by atomic mass is 10.1. The lowest BCUT2D eigenvalue weighted by molar-refractivity contribution is 0.217. The van der Waals surface area contributed by atoms with Gasteiger partial charge in [0.2, 0.25) is 0 Å². The summed E-state index contributed by atoms with van der Waals surface area (Å²) in [6.07, 6.45) is 4.92. The van der Waals surface area contributed by atoms with Crippen LogP contribution in [0.15, 0.2) is 24.0 Å². The largest absolute Gasteiger partial charge is 0.497 e. The maximum atomic E-state index is 8.98. The van der Waals surface area contributed by atoms with Gasteiger partial charge in [0.15, 0.2) is 0 Å². The van der Waals surface area contributed by atoms with Gasteiger partial charge in [-0.05, 0) is 13.0 Å². The van der Waals surface area contributed by atoms with Crippen molar-refractivity contribution in [2.24, 2.45) is 0 Å². The van der Waals surface area contributed by atoms with Crippen molar-refractivity contribution in [1.29, 1.82) is 0 Å². The van der Waals surface area contributed by atoms with Crippen LogP contribution in [0.3, 0.4) is 0 Å². The molecule has 50 valence electrons. The normalized spacial score (nSPS) is 20.4. The van der Waals surface area contributed by atoms with Gasteiger partial charge in [0.25, 0.3) is 0 Å². The first-order valence-electron chi connectivity index (χ1n) is 2.97. The zero-order valence-electron chi connectivity index (χ0n) is 5.37. The number of hydrogen-bond donors (Lipinski definition) is 1. The second-order valence-corrected chi connectivity index (χ2v) is 2.03. The standard InChI is InChI=1S/C7H10O2/c1-6(8)7-3-2-4-9-5-7/h2-3,5-6,8H,4H2,1H3. The third kappa shape index (κ3) is 1.57. The van der Waals surface area contributed by atoms with Gasteiger partial charge in [0, 0.05) is 5.57 Å². The van der Waals surface area contributed by atoms with E-state index in [2.05, 4.69) is 0 Å². The van der Waals surface area contributed by atoms with E-state index in [9.17, 15) is 0 Å². The van der Waals surface area contributed by atoms with Crippen LogP contribution in [0, 0.1) is 0 Å². The van der Waals surface area contributed by atoms with Crippen molar-refractivity contribution in [2.45, 2.75) is 13.0 Å². The highest BCUT2D eigenvalue weighted by atomic mass is 16.5. The lowest BCUT2D eigenvalue weighted by Crippen LogP contribution is -2.05. The van der Waals surface area contributed by atoms with Crippen LogP contribution in [-0.4, -0.2) is 17.8 Å². The molecule has 1 N–H and O–H groups in total. The summed E-state index contributed by atoms with van der Waals surface area (Å²) in [6.45, 7) is 2.33. The van der Waals surface area contributed by atoms with Gasteiger partial charge in [0.1, 0.15) is 6.61 Å². The summed E-state index contributed by atoms with van der Waals surface area (Å²) < 4.78 is 4.93. The van der Waals surface area contributed by atoms with Crippen molar-refractivity contribution in [3.63, 3.8) is 0 Å². The molecule has 0 aromatic carbocycles. The first-order chi connectivity index (χ1) is 4.30. The topological polar surface area (TPSA) is 29.5 Å². The molecule has 1 heterocycles. The molecule has 0 bridgehead atoms. The van der Waals surface area contributed by atoms with Crippen molar-refractivity contribution >= 4 is 0 Å². The van der Waals surface area contributed by atoms with Crippen LogP contribution < -0.4 is 0 Å². The second kappa shape index (κ2) is 2.69. The van der Waals surface area contributed by atoms with Gasteiger partial charge in [-0.3, -0.25) is 0 Å². The number of rotatable bonds is 1. The molecule has 0 radical (unpaired) electrons. The zero-order chi connectivity index (χ0) is 6.69. The van der Waals surface area contributed by atoms with Crippen LogP contribution in [0.5, 0.6) is 0 Å². The molecule has 0 amide bonds. The third-order valence-electron chi connectivity index (χ3n) is 1.20. The lowest BCUT2D eigenvalue weighted by Gasteiger charge is -2.09. The Morgan fingerprint density at radius 3 is 2.89 bits per heavy atom. The zero-order valence-corrected chi connectivity index (χ0v) is 5.37. The Morgan fingerprint density at radius 1 is 1.78 bits per heavy atom. The van der Waals surface area contributed by atoms with Gasteiger partial charge in [-0.15, -0.1) is 0 Å².